The minimum Gasteiger partial charge on any atom is -0.355 e. The monoisotopic (exact) mass is 446 g/mol. The molecule has 0 N–H and O–H groups in total. The van der Waals surface area contributed by atoms with E-state index in [1.54, 1.807) is 11.0 Å². The quantitative estimate of drug-likeness (QED) is 0.556. The molecule has 7 heteroatoms. The van der Waals surface area contributed by atoms with Crippen molar-refractivity contribution < 1.29 is 14.1 Å². The van der Waals surface area contributed by atoms with Crippen LogP contribution < -0.4 is 0 Å². The van der Waals surface area contributed by atoms with Crippen molar-refractivity contribution in [3.8, 4) is 11.3 Å². The number of hydrogen-bond donors (Lipinski definition) is 0. The maximum atomic E-state index is 13.4. The Bertz CT molecular complexity index is 1090. The van der Waals surface area contributed by atoms with Gasteiger partial charge in [0.15, 0.2) is 11.5 Å². The molecular weight excluding hydrogens is 416 g/mol. The molecule has 2 heterocycles. The summed E-state index contributed by atoms with van der Waals surface area (Å²) in [5.74, 6) is 0.170. The molecule has 2 amide bonds. The zero-order valence-electron chi connectivity index (χ0n) is 19.2. The van der Waals surface area contributed by atoms with Crippen LogP contribution in [0.5, 0.6) is 0 Å². The Kier molecular flexibility index (Phi) is 7.19. The molecule has 1 aliphatic rings. The van der Waals surface area contributed by atoms with Crippen LogP contribution in [-0.2, 0) is 11.3 Å². The summed E-state index contributed by atoms with van der Waals surface area (Å²) in [6.45, 7) is 8.52. The van der Waals surface area contributed by atoms with Crippen molar-refractivity contribution in [3.63, 3.8) is 0 Å². The van der Waals surface area contributed by atoms with E-state index in [9.17, 15) is 9.59 Å². The second kappa shape index (κ2) is 10.4. The first-order valence-electron chi connectivity index (χ1n) is 11.4. The fraction of sp³-hybridized carbons (Fsp3) is 0.346. The molecular formula is C26H30N4O3. The second-order valence-electron chi connectivity index (χ2n) is 8.41. The predicted molar refractivity (Wildman–Crippen MR) is 127 cm³/mol. The zero-order chi connectivity index (χ0) is 23.2. The van der Waals surface area contributed by atoms with E-state index in [1.807, 2.05) is 66.4 Å². The molecule has 33 heavy (non-hydrogen) atoms. The molecule has 0 spiro atoms. The SMILES string of the molecule is CCN1CCN(C(=O)CN(Cc2ccccc2)C(=O)c2cc(-c3cccc(C)c3)on2)CC1. The fourth-order valence-electron chi connectivity index (χ4n) is 4.05. The van der Waals surface area contributed by atoms with E-state index in [0.717, 1.165) is 36.3 Å². The molecule has 1 aromatic heterocycles. The minimum absolute atomic E-state index is 0.00644. The van der Waals surface area contributed by atoms with Crippen LogP contribution in [0.15, 0.2) is 65.2 Å². The molecule has 1 aliphatic heterocycles. The summed E-state index contributed by atoms with van der Waals surface area (Å²) in [6, 6.07) is 19.2. The summed E-state index contributed by atoms with van der Waals surface area (Å²) >= 11 is 0. The Morgan fingerprint density at radius 2 is 1.76 bits per heavy atom. The third-order valence-corrected chi connectivity index (χ3v) is 6.03. The van der Waals surface area contributed by atoms with Crippen molar-refractivity contribution in [1.29, 1.82) is 0 Å². The highest BCUT2D eigenvalue weighted by molar-refractivity contribution is 5.95. The number of hydrogen-bond acceptors (Lipinski definition) is 5. The van der Waals surface area contributed by atoms with Crippen LogP contribution in [0, 0.1) is 6.92 Å². The molecule has 3 aromatic rings. The van der Waals surface area contributed by atoms with Gasteiger partial charge >= 0.3 is 0 Å². The molecule has 0 radical (unpaired) electrons. The van der Waals surface area contributed by atoms with E-state index < -0.39 is 0 Å². The predicted octanol–water partition coefficient (Wildman–Crippen LogP) is 3.46. The lowest BCUT2D eigenvalue weighted by Gasteiger charge is -2.35. The summed E-state index contributed by atoms with van der Waals surface area (Å²) in [5.41, 5.74) is 3.11. The highest BCUT2D eigenvalue weighted by atomic mass is 16.5. The van der Waals surface area contributed by atoms with Gasteiger partial charge < -0.3 is 19.2 Å². The average molecular weight is 447 g/mol. The van der Waals surface area contributed by atoms with Gasteiger partial charge in [0, 0.05) is 44.4 Å². The van der Waals surface area contributed by atoms with E-state index in [0.29, 0.717) is 25.4 Å². The van der Waals surface area contributed by atoms with Gasteiger partial charge in [-0.15, -0.1) is 0 Å². The zero-order valence-corrected chi connectivity index (χ0v) is 19.2. The van der Waals surface area contributed by atoms with Crippen LogP contribution in [0.2, 0.25) is 0 Å². The highest BCUT2D eigenvalue weighted by Crippen LogP contribution is 2.22. The number of nitrogens with zero attached hydrogens (tertiary/aromatic N) is 4. The summed E-state index contributed by atoms with van der Waals surface area (Å²) in [5, 5.41) is 4.03. The Hall–Kier alpha value is -3.45. The minimum atomic E-state index is -0.318. The maximum absolute atomic E-state index is 13.4. The largest absolute Gasteiger partial charge is 0.355 e. The molecule has 0 unspecified atom stereocenters. The van der Waals surface area contributed by atoms with Crippen molar-refractivity contribution in [1.82, 2.24) is 19.9 Å². The molecule has 172 valence electrons. The van der Waals surface area contributed by atoms with Crippen LogP contribution in [0.3, 0.4) is 0 Å². The van der Waals surface area contributed by atoms with Gasteiger partial charge in [0.05, 0.1) is 0 Å². The summed E-state index contributed by atoms with van der Waals surface area (Å²) < 4.78 is 5.47. The van der Waals surface area contributed by atoms with Crippen molar-refractivity contribution in [2.24, 2.45) is 0 Å². The molecule has 1 saturated heterocycles. The van der Waals surface area contributed by atoms with Gasteiger partial charge in [0.25, 0.3) is 5.91 Å². The number of carbonyl (C=O) groups excluding carboxylic acids is 2. The number of piperazine rings is 1. The van der Waals surface area contributed by atoms with Crippen LogP contribution in [0.25, 0.3) is 11.3 Å². The smallest absolute Gasteiger partial charge is 0.276 e. The lowest BCUT2D eigenvalue weighted by atomic mass is 10.1. The van der Waals surface area contributed by atoms with Crippen molar-refractivity contribution in [2.45, 2.75) is 20.4 Å². The third kappa shape index (κ3) is 5.68. The topological polar surface area (TPSA) is 69.9 Å². The van der Waals surface area contributed by atoms with Gasteiger partial charge in [-0.05, 0) is 25.1 Å². The van der Waals surface area contributed by atoms with E-state index in [1.165, 1.54) is 0 Å². The second-order valence-corrected chi connectivity index (χ2v) is 8.41. The summed E-state index contributed by atoms with van der Waals surface area (Å²) in [6.07, 6.45) is 0. The summed E-state index contributed by atoms with van der Waals surface area (Å²) in [7, 11) is 0. The van der Waals surface area contributed by atoms with E-state index in [4.69, 9.17) is 4.52 Å². The Morgan fingerprint density at radius 1 is 1.00 bits per heavy atom. The summed E-state index contributed by atoms with van der Waals surface area (Å²) in [4.78, 5) is 32.2. The molecule has 4 rings (SSSR count). The average Bonchev–Trinajstić information content (AvgIpc) is 3.34. The Morgan fingerprint density at radius 3 is 2.45 bits per heavy atom. The molecule has 0 bridgehead atoms. The van der Waals surface area contributed by atoms with Crippen molar-refractivity contribution in [3.05, 3.63) is 77.5 Å². The van der Waals surface area contributed by atoms with Crippen molar-refractivity contribution in [2.75, 3.05) is 39.3 Å². The first-order valence-corrected chi connectivity index (χ1v) is 11.4. The number of benzene rings is 2. The molecule has 1 fully saturated rings. The molecule has 0 atom stereocenters. The Balaban J connectivity index is 1.52. The normalized spacial score (nSPS) is 14.3. The van der Waals surface area contributed by atoms with Crippen LogP contribution in [0.1, 0.15) is 28.5 Å². The van der Waals surface area contributed by atoms with Crippen molar-refractivity contribution >= 4 is 11.8 Å². The van der Waals surface area contributed by atoms with Gasteiger partial charge in [-0.25, -0.2) is 0 Å². The lowest BCUT2D eigenvalue weighted by molar-refractivity contribution is -0.133. The van der Waals surface area contributed by atoms with Gasteiger partial charge in [-0.1, -0.05) is 66.2 Å². The van der Waals surface area contributed by atoms with Gasteiger partial charge in [-0.2, -0.15) is 0 Å². The first kappa shape index (κ1) is 22.7. The number of aryl methyl sites for hydroxylation is 1. The number of rotatable bonds is 7. The number of amides is 2. The fourth-order valence-corrected chi connectivity index (χ4v) is 4.05. The highest BCUT2D eigenvalue weighted by Gasteiger charge is 2.27. The number of likely N-dealkylation sites (N-methyl/N-ethyl adjacent to an activating group) is 1. The van der Waals surface area contributed by atoms with Crippen LogP contribution in [0.4, 0.5) is 0 Å². The van der Waals surface area contributed by atoms with E-state index in [-0.39, 0.29) is 24.1 Å². The Labute approximate surface area is 194 Å². The van der Waals surface area contributed by atoms with E-state index >= 15 is 0 Å². The van der Waals surface area contributed by atoms with Gasteiger partial charge in [-0.3, -0.25) is 9.59 Å². The third-order valence-electron chi connectivity index (χ3n) is 6.03. The lowest BCUT2D eigenvalue weighted by Crippen LogP contribution is -2.51. The van der Waals surface area contributed by atoms with Crippen LogP contribution in [-0.4, -0.2) is 70.9 Å². The van der Waals surface area contributed by atoms with Gasteiger partial charge in [0.1, 0.15) is 6.54 Å². The molecule has 0 saturated carbocycles. The molecule has 0 aliphatic carbocycles. The molecule has 2 aromatic carbocycles. The molecule has 7 nitrogen and oxygen atoms in total. The first-order chi connectivity index (χ1) is 16.0. The van der Waals surface area contributed by atoms with Gasteiger partial charge in [0.2, 0.25) is 5.91 Å². The number of aromatic nitrogens is 1. The standard InChI is InChI=1S/C26H30N4O3/c1-3-28-12-14-29(15-13-28)25(31)19-30(18-21-9-5-4-6-10-21)26(32)23-17-24(33-27-23)22-11-7-8-20(2)16-22/h4-11,16-17H,3,12-15,18-19H2,1-2H3. The number of carbonyl (C=O) groups is 2. The van der Waals surface area contributed by atoms with Crippen LogP contribution >= 0.6 is 0 Å². The maximum Gasteiger partial charge on any atom is 0.276 e. The van der Waals surface area contributed by atoms with E-state index in [2.05, 4.69) is 17.0 Å².